The van der Waals surface area contributed by atoms with Crippen LogP contribution in [-0.2, 0) is 13.1 Å². The second kappa shape index (κ2) is 5.46. The van der Waals surface area contributed by atoms with Crippen molar-refractivity contribution >= 4 is 0 Å². The van der Waals surface area contributed by atoms with Gasteiger partial charge in [-0.3, -0.25) is 4.90 Å². The van der Waals surface area contributed by atoms with E-state index in [4.69, 9.17) is 0 Å². The first-order chi connectivity index (χ1) is 7.85. The van der Waals surface area contributed by atoms with Crippen molar-refractivity contribution in [2.24, 2.45) is 0 Å². The average molecular weight is 218 g/mol. The molecule has 16 heavy (non-hydrogen) atoms. The normalized spacial score (nSPS) is 17.4. The topological polar surface area (TPSA) is 15.3 Å². The molecule has 88 valence electrons. The molecule has 1 aromatic rings. The standard InChI is InChI=1S/C14H22N2/c1-3-6-14(9-15-2)16-10-12-7-4-5-8-13(12)11-16/h4-5,7-8,14-15H,3,6,9-11H2,1-2H3. The highest BCUT2D eigenvalue weighted by Gasteiger charge is 2.24. The molecule has 0 amide bonds. The fraction of sp³-hybridized carbons (Fsp3) is 0.571. The van der Waals surface area contributed by atoms with Crippen LogP contribution in [0, 0.1) is 0 Å². The van der Waals surface area contributed by atoms with Crippen molar-refractivity contribution in [3.63, 3.8) is 0 Å². The van der Waals surface area contributed by atoms with E-state index in [9.17, 15) is 0 Å². The maximum atomic E-state index is 3.31. The summed E-state index contributed by atoms with van der Waals surface area (Å²) >= 11 is 0. The van der Waals surface area contributed by atoms with Crippen LogP contribution in [0.1, 0.15) is 30.9 Å². The van der Waals surface area contributed by atoms with Crippen LogP contribution in [0.3, 0.4) is 0 Å². The summed E-state index contributed by atoms with van der Waals surface area (Å²) in [7, 11) is 2.05. The van der Waals surface area contributed by atoms with Crippen LogP contribution in [0.15, 0.2) is 24.3 Å². The molecular formula is C14H22N2. The zero-order valence-corrected chi connectivity index (χ0v) is 10.4. The van der Waals surface area contributed by atoms with Crippen molar-refractivity contribution in [3.8, 4) is 0 Å². The minimum atomic E-state index is 0.683. The van der Waals surface area contributed by atoms with Crippen LogP contribution in [0.5, 0.6) is 0 Å². The first-order valence-electron chi connectivity index (χ1n) is 6.30. The van der Waals surface area contributed by atoms with Crippen molar-refractivity contribution in [1.82, 2.24) is 10.2 Å². The second-order valence-corrected chi connectivity index (χ2v) is 4.67. The molecule has 1 atom stereocenters. The molecular weight excluding hydrogens is 196 g/mol. The summed E-state index contributed by atoms with van der Waals surface area (Å²) < 4.78 is 0. The Hall–Kier alpha value is -0.860. The molecule has 1 aliphatic heterocycles. The van der Waals surface area contributed by atoms with Gasteiger partial charge in [0.25, 0.3) is 0 Å². The van der Waals surface area contributed by atoms with E-state index in [0.717, 1.165) is 19.6 Å². The van der Waals surface area contributed by atoms with E-state index in [2.05, 4.69) is 41.4 Å². The maximum Gasteiger partial charge on any atom is 0.0244 e. The van der Waals surface area contributed by atoms with E-state index in [1.807, 2.05) is 7.05 Å². The van der Waals surface area contributed by atoms with Crippen LogP contribution >= 0.6 is 0 Å². The van der Waals surface area contributed by atoms with Gasteiger partial charge in [0.05, 0.1) is 0 Å². The average Bonchev–Trinajstić information content (AvgIpc) is 2.72. The molecule has 0 aliphatic carbocycles. The fourth-order valence-corrected chi connectivity index (χ4v) is 2.60. The molecule has 0 aromatic heterocycles. The third kappa shape index (κ3) is 2.45. The quantitative estimate of drug-likeness (QED) is 0.816. The lowest BCUT2D eigenvalue weighted by molar-refractivity contribution is 0.185. The first-order valence-corrected chi connectivity index (χ1v) is 6.30. The summed E-state index contributed by atoms with van der Waals surface area (Å²) in [5.41, 5.74) is 3.03. The van der Waals surface area contributed by atoms with E-state index < -0.39 is 0 Å². The molecule has 2 nitrogen and oxygen atoms in total. The Balaban J connectivity index is 2.02. The monoisotopic (exact) mass is 218 g/mol. The minimum Gasteiger partial charge on any atom is -0.318 e. The SMILES string of the molecule is CCCC(CNC)N1Cc2ccccc2C1. The molecule has 2 rings (SSSR count). The first kappa shape index (κ1) is 11.6. The van der Waals surface area contributed by atoms with Gasteiger partial charge in [0.15, 0.2) is 0 Å². The molecule has 1 aromatic carbocycles. The summed E-state index contributed by atoms with van der Waals surface area (Å²) in [4.78, 5) is 2.60. The van der Waals surface area contributed by atoms with Gasteiger partial charge in [0.2, 0.25) is 0 Å². The molecule has 1 heterocycles. The lowest BCUT2D eigenvalue weighted by Crippen LogP contribution is -2.38. The molecule has 0 fully saturated rings. The van der Waals surface area contributed by atoms with Crippen molar-refractivity contribution < 1.29 is 0 Å². The molecule has 0 spiro atoms. The van der Waals surface area contributed by atoms with Gasteiger partial charge >= 0.3 is 0 Å². The number of hydrogen-bond donors (Lipinski definition) is 1. The predicted molar refractivity (Wildman–Crippen MR) is 68.3 cm³/mol. The highest BCUT2D eigenvalue weighted by Crippen LogP contribution is 2.25. The van der Waals surface area contributed by atoms with Gasteiger partial charge in [-0.05, 0) is 24.6 Å². The van der Waals surface area contributed by atoms with Gasteiger partial charge in [-0.25, -0.2) is 0 Å². The minimum absolute atomic E-state index is 0.683. The Morgan fingerprint density at radius 2 is 1.88 bits per heavy atom. The van der Waals surface area contributed by atoms with Crippen LogP contribution in [0.2, 0.25) is 0 Å². The van der Waals surface area contributed by atoms with Gasteiger partial charge in [-0.1, -0.05) is 37.6 Å². The number of nitrogens with zero attached hydrogens (tertiary/aromatic N) is 1. The summed E-state index contributed by atoms with van der Waals surface area (Å²) in [5, 5.41) is 3.31. The highest BCUT2D eigenvalue weighted by atomic mass is 15.2. The molecule has 2 heteroatoms. The number of benzene rings is 1. The van der Waals surface area contributed by atoms with E-state index in [0.29, 0.717) is 6.04 Å². The number of fused-ring (bicyclic) bond motifs is 1. The molecule has 0 bridgehead atoms. The second-order valence-electron chi connectivity index (χ2n) is 4.67. The molecule has 1 aliphatic rings. The zero-order valence-electron chi connectivity index (χ0n) is 10.4. The lowest BCUT2D eigenvalue weighted by atomic mass is 10.1. The Morgan fingerprint density at radius 3 is 2.38 bits per heavy atom. The van der Waals surface area contributed by atoms with Gasteiger partial charge in [0, 0.05) is 25.7 Å². The Kier molecular flexibility index (Phi) is 3.97. The molecule has 0 radical (unpaired) electrons. The van der Waals surface area contributed by atoms with Crippen LogP contribution in [0.25, 0.3) is 0 Å². The molecule has 1 unspecified atom stereocenters. The van der Waals surface area contributed by atoms with Crippen LogP contribution in [-0.4, -0.2) is 24.5 Å². The van der Waals surface area contributed by atoms with E-state index in [1.54, 1.807) is 0 Å². The van der Waals surface area contributed by atoms with Crippen molar-refractivity contribution in [1.29, 1.82) is 0 Å². The van der Waals surface area contributed by atoms with Crippen LogP contribution < -0.4 is 5.32 Å². The molecule has 1 N–H and O–H groups in total. The van der Waals surface area contributed by atoms with Crippen molar-refractivity contribution in [2.45, 2.75) is 38.9 Å². The van der Waals surface area contributed by atoms with Gasteiger partial charge in [-0.15, -0.1) is 0 Å². The van der Waals surface area contributed by atoms with Crippen molar-refractivity contribution in [2.75, 3.05) is 13.6 Å². The predicted octanol–water partition coefficient (Wildman–Crippen LogP) is 2.39. The van der Waals surface area contributed by atoms with Gasteiger partial charge in [0.1, 0.15) is 0 Å². The number of hydrogen-bond acceptors (Lipinski definition) is 2. The molecule has 0 saturated heterocycles. The number of nitrogens with one attached hydrogen (secondary N) is 1. The lowest BCUT2D eigenvalue weighted by Gasteiger charge is -2.27. The maximum absolute atomic E-state index is 3.31. The Morgan fingerprint density at radius 1 is 1.25 bits per heavy atom. The zero-order chi connectivity index (χ0) is 11.4. The summed E-state index contributed by atoms with van der Waals surface area (Å²) in [5.74, 6) is 0. The van der Waals surface area contributed by atoms with Gasteiger partial charge in [-0.2, -0.15) is 0 Å². The van der Waals surface area contributed by atoms with Crippen molar-refractivity contribution in [3.05, 3.63) is 35.4 Å². The van der Waals surface area contributed by atoms with Crippen LogP contribution in [0.4, 0.5) is 0 Å². The summed E-state index contributed by atoms with van der Waals surface area (Å²) in [6.45, 7) is 5.62. The fourth-order valence-electron chi connectivity index (χ4n) is 2.60. The summed E-state index contributed by atoms with van der Waals surface area (Å²) in [6.07, 6.45) is 2.55. The largest absolute Gasteiger partial charge is 0.318 e. The van der Waals surface area contributed by atoms with E-state index in [-0.39, 0.29) is 0 Å². The third-order valence-corrected chi connectivity index (χ3v) is 3.44. The third-order valence-electron chi connectivity index (χ3n) is 3.44. The Labute approximate surface area is 98.7 Å². The van der Waals surface area contributed by atoms with E-state index in [1.165, 1.54) is 24.0 Å². The van der Waals surface area contributed by atoms with Gasteiger partial charge < -0.3 is 5.32 Å². The summed E-state index contributed by atoms with van der Waals surface area (Å²) in [6, 6.07) is 9.50. The molecule has 0 saturated carbocycles. The Bertz CT molecular complexity index is 304. The number of rotatable bonds is 5. The van der Waals surface area contributed by atoms with E-state index >= 15 is 0 Å². The smallest absolute Gasteiger partial charge is 0.0244 e. The highest BCUT2D eigenvalue weighted by molar-refractivity contribution is 5.30. The number of likely N-dealkylation sites (N-methyl/N-ethyl adjacent to an activating group) is 1.